The summed E-state index contributed by atoms with van der Waals surface area (Å²) in [6.07, 6.45) is 11.7. The van der Waals surface area contributed by atoms with Crippen LogP contribution in [0.2, 0.25) is 0 Å². The maximum absolute atomic E-state index is 4.92. The standard InChI is InChI=1S/C51H41N3/c1-34(2)30-35-22-26-39(27-23-35)51(46-18-7-3-14-42(46)43-15-4-8-19-47(43)51)40-13-11-12-37(31-40)38-32-52-50(53-33-38)36-24-28-41(29-25-36)54-48-20-9-5-16-44(48)45-17-6-10-21-49(45)54/h3-5,7-16,18-29,31-34H,6,17,30H2,1-2H3. The van der Waals surface area contributed by atoms with Gasteiger partial charge in [0.05, 0.1) is 10.9 Å². The lowest BCUT2D eigenvalue weighted by atomic mass is 9.67. The van der Waals surface area contributed by atoms with Crippen molar-refractivity contribution in [3.63, 3.8) is 0 Å². The van der Waals surface area contributed by atoms with Crippen molar-refractivity contribution in [2.45, 2.75) is 38.5 Å². The molecule has 10 rings (SSSR count). The lowest BCUT2D eigenvalue weighted by molar-refractivity contribution is 0.646. The Bertz CT molecular complexity index is 2650. The van der Waals surface area contributed by atoms with Crippen molar-refractivity contribution in [2.75, 3.05) is 0 Å². The summed E-state index contributed by atoms with van der Waals surface area (Å²) in [5.41, 5.74) is 16.9. The predicted molar refractivity (Wildman–Crippen MR) is 223 cm³/mol. The molecule has 0 saturated carbocycles. The molecule has 0 saturated heterocycles. The van der Waals surface area contributed by atoms with Gasteiger partial charge in [0.15, 0.2) is 5.82 Å². The fourth-order valence-corrected chi connectivity index (χ4v) is 9.17. The molecule has 54 heavy (non-hydrogen) atoms. The smallest absolute Gasteiger partial charge is 0.159 e. The molecule has 2 heterocycles. The molecule has 0 bridgehead atoms. The van der Waals surface area contributed by atoms with Gasteiger partial charge in [0, 0.05) is 40.3 Å². The molecule has 0 N–H and O–H groups in total. The Morgan fingerprint density at radius 3 is 2.04 bits per heavy atom. The number of allylic oxidation sites excluding steroid dienone is 1. The largest absolute Gasteiger partial charge is 0.310 e. The van der Waals surface area contributed by atoms with Crippen molar-refractivity contribution in [3.05, 3.63) is 203 Å². The van der Waals surface area contributed by atoms with E-state index in [2.05, 4.69) is 176 Å². The molecule has 3 nitrogen and oxygen atoms in total. The highest BCUT2D eigenvalue weighted by molar-refractivity contribution is 5.91. The summed E-state index contributed by atoms with van der Waals surface area (Å²) in [6, 6.07) is 53.7. The predicted octanol–water partition coefficient (Wildman–Crippen LogP) is 12.3. The van der Waals surface area contributed by atoms with E-state index in [4.69, 9.17) is 9.97 Å². The van der Waals surface area contributed by atoms with Gasteiger partial charge in [-0.3, -0.25) is 0 Å². The average molecular weight is 696 g/mol. The van der Waals surface area contributed by atoms with E-state index in [-0.39, 0.29) is 0 Å². The van der Waals surface area contributed by atoms with Crippen LogP contribution in [0.15, 0.2) is 164 Å². The first kappa shape index (κ1) is 32.3. The molecule has 260 valence electrons. The number of rotatable bonds is 7. The third-order valence-corrected chi connectivity index (χ3v) is 11.5. The van der Waals surface area contributed by atoms with E-state index in [0.717, 1.165) is 47.5 Å². The lowest BCUT2D eigenvalue weighted by Gasteiger charge is -2.34. The number of aryl methyl sites for hydroxylation is 1. The van der Waals surface area contributed by atoms with Gasteiger partial charge < -0.3 is 4.57 Å². The normalized spacial score (nSPS) is 13.9. The number of hydrogen-bond acceptors (Lipinski definition) is 2. The summed E-state index contributed by atoms with van der Waals surface area (Å²) >= 11 is 0. The van der Waals surface area contributed by atoms with E-state index in [1.54, 1.807) is 0 Å². The summed E-state index contributed by atoms with van der Waals surface area (Å²) in [4.78, 5) is 9.83. The molecule has 0 aliphatic heterocycles. The Balaban J connectivity index is 1.02. The summed E-state index contributed by atoms with van der Waals surface area (Å²) in [5.74, 6) is 1.33. The van der Waals surface area contributed by atoms with Crippen LogP contribution in [-0.4, -0.2) is 14.5 Å². The SMILES string of the molecule is CC(C)Cc1ccc(C2(c3cccc(-c4cnc(-c5ccc(-n6c7c(c8ccccc86)CCC=C7)cc5)nc4)c3)c3ccccc3-c3ccccc32)cc1. The highest BCUT2D eigenvalue weighted by Gasteiger charge is 2.46. The maximum Gasteiger partial charge on any atom is 0.159 e. The summed E-state index contributed by atoms with van der Waals surface area (Å²) < 4.78 is 2.38. The Morgan fingerprint density at radius 2 is 1.31 bits per heavy atom. The molecule has 8 aromatic rings. The van der Waals surface area contributed by atoms with Gasteiger partial charge in [-0.1, -0.05) is 129 Å². The molecular weight excluding hydrogens is 655 g/mol. The number of hydrogen-bond donors (Lipinski definition) is 0. The fraction of sp³-hybridized carbons (Fsp3) is 0.137. The van der Waals surface area contributed by atoms with Crippen LogP contribution in [0.4, 0.5) is 0 Å². The van der Waals surface area contributed by atoms with Gasteiger partial charge in [-0.15, -0.1) is 0 Å². The van der Waals surface area contributed by atoms with Crippen LogP contribution in [0.25, 0.3) is 56.3 Å². The van der Waals surface area contributed by atoms with Crippen LogP contribution in [0.3, 0.4) is 0 Å². The summed E-state index contributed by atoms with van der Waals surface area (Å²) in [5, 5.41) is 1.34. The first-order valence-corrected chi connectivity index (χ1v) is 19.2. The van der Waals surface area contributed by atoms with E-state index in [1.165, 1.54) is 61.1 Å². The quantitative estimate of drug-likeness (QED) is 0.166. The van der Waals surface area contributed by atoms with E-state index in [9.17, 15) is 0 Å². The van der Waals surface area contributed by atoms with Gasteiger partial charge in [0.1, 0.15) is 0 Å². The maximum atomic E-state index is 4.92. The third-order valence-electron chi connectivity index (χ3n) is 11.5. The fourth-order valence-electron chi connectivity index (χ4n) is 9.17. The summed E-state index contributed by atoms with van der Waals surface area (Å²) in [6.45, 7) is 4.57. The molecule has 0 radical (unpaired) electrons. The van der Waals surface area contributed by atoms with Gasteiger partial charge in [-0.05, 0) is 118 Å². The molecule has 0 spiro atoms. The first-order chi connectivity index (χ1) is 26.6. The minimum absolute atomic E-state index is 0.456. The zero-order valence-electron chi connectivity index (χ0n) is 30.7. The highest BCUT2D eigenvalue weighted by atomic mass is 15.0. The zero-order chi connectivity index (χ0) is 36.2. The van der Waals surface area contributed by atoms with Crippen molar-refractivity contribution >= 4 is 17.0 Å². The lowest BCUT2D eigenvalue weighted by Crippen LogP contribution is -2.28. The van der Waals surface area contributed by atoms with E-state index < -0.39 is 5.41 Å². The molecule has 6 aromatic carbocycles. The van der Waals surface area contributed by atoms with Crippen molar-refractivity contribution < 1.29 is 0 Å². The molecule has 0 amide bonds. The second-order valence-corrected chi connectivity index (χ2v) is 15.2. The zero-order valence-corrected chi connectivity index (χ0v) is 30.7. The number of aromatic nitrogens is 3. The van der Waals surface area contributed by atoms with Crippen LogP contribution in [0, 0.1) is 5.92 Å². The second kappa shape index (κ2) is 13.0. The minimum Gasteiger partial charge on any atom is -0.310 e. The van der Waals surface area contributed by atoms with Crippen LogP contribution in [-0.2, 0) is 18.3 Å². The minimum atomic E-state index is -0.456. The van der Waals surface area contributed by atoms with Crippen molar-refractivity contribution in [1.29, 1.82) is 0 Å². The number of benzene rings is 6. The number of nitrogens with zero attached hydrogens (tertiary/aromatic N) is 3. The molecule has 0 fully saturated rings. The summed E-state index contributed by atoms with van der Waals surface area (Å²) in [7, 11) is 0. The van der Waals surface area contributed by atoms with E-state index in [1.807, 2.05) is 12.4 Å². The van der Waals surface area contributed by atoms with Gasteiger partial charge in [-0.2, -0.15) is 0 Å². The molecule has 3 heteroatoms. The number of para-hydroxylation sites is 1. The highest BCUT2D eigenvalue weighted by Crippen LogP contribution is 2.56. The van der Waals surface area contributed by atoms with Crippen LogP contribution < -0.4 is 0 Å². The Morgan fingerprint density at radius 1 is 0.630 bits per heavy atom. The van der Waals surface area contributed by atoms with Crippen molar-refractivity contribution in [3.8, 4) is 39.3 Å². The topological polar surface area (TPSA) is 30.7 Å². The third kappa shape index (κ3) is 5.10. The van der Waals surface area contributed by atoms with Gasteiger partial charge in [0.2, 0.25) is 0 Å². The van der Waals surface area contributed by atoms with Crippen molar-refractivity contribution in [1.82, 2.24) is 14.5 Å². The molecule has 2 aliphatic carbocycles. The monoisotopic (exact) mass is 695 g/mol. The van der Waals surface area contributed by atoms with Crippen LogP contribution in [0.1, 0.15) is 59.3 Å². The van der Waals surface area contributed by atoms with Gasteiger partial charge in [0.25, 0.3) is 0 Å². The van der Waals surface area contributed by atoms with Crippen LogP contribution in [0.5, 0.6) is 0 Å². The first-order valence-electron chi connectivity index (χ1n) is 19.2. The number of fused-ring (bicyclic) bond motifs is 6. The van der Waals surface area contributed by atoms with E-state index in [0.29, 0.717) is 5.92 Å². The molecule has 0 atom stereocenters. The Labute approximate surface area is 317 Å². The molecule has 2 aliphatic rings. The second-order valence-electron chi connectivity index (χ2n) is 15.2. The van der Waals surface area contributed by atoms with Crippen LogP contribution >= 0.6 is 0 Å². The van der Waals surface area contributed by atoms with Gasteiger partial charge in [-0.25, -0.2) is 9.97 Å². The molecule has 2 aromatic heterocycles. The molecule has 0 unspecified atom stereocenters. The average Bonchev–Trinajstić information content (AvgIpc) is 3.72. The Kier molecular flexibility index (Phi) is 7.76. The van der Waals surface area contributed by atoms with E-state index >= 15 is 0 Å². The molecular formula is C51H41N3. The Hall–Kier alpha value is -6.32. The van der Waals surface area contributed by atoms with Gasteiger partial charge >= 0.3 is 0 Å². The van der Waals surface area contributed by atoms with Crippen molar-refractivity contribution in [2.24, 2.45) is 5.92 Å².